The Morgan fingerprint density at radius 2 is 1.94 bits per heavy atom. The van der Waals surface area contributed by atoms with Crippen LogP contribution in [0, 0.1) is 0 Å². The fraction of sp³-hybridized carbons (Fsp3) is 0.370. The molecule has 1 aliphatic heterocycles. The highest BCUT2D eigenvalue weighted by Gasteiger charge is 2.24. The van der Waals surface area contributed by atoms with Crippen LogP contribution in [0.1, 0.15) is 24.5 Å². The van der Waals surface area contributed by atoms with Gasteiger partial charge in [-0.15, -0.1) is 0 Å². The lowest BCUT2D eigenvalue weighted by molar-refractivity contribution is 0.274. The third-order valence-corrected chi connectivity index (χ3v) is 7.23. The molecular formula is C27H30N6O. The largest absolute Gasteiger partial charge is 0.495 e. The molecule has 174 valence electrons. The Kier molecular flexibility index (Phi) is 5.21. The van der Waals surface area contributed by atoms with Gasteiger partial charge in [0.2, 0.25) is 0 Å². The van der Waals surface area contributed by atoms with Crippen LogP contribution >= 0.6 is 0 Å². The van der Waals surface area contributed by atoms with Crippen LogP contribution in [-0.4, -0.2) is 64.5 Å². The normalized spacial score (nSPS) is 18.4. The number of piperazine rings is 1. The Morgan fingerprint density at radius 3 is 2.74 bits per heavy atom. The standard InChI is InChI=1S/C27H30N6O/c1-18-17-31(2)12-13-32(18)25-11-10-20(15-28-25)26-27-24(14-21(34-3)16-29-27)33(30-26)23-9-5-7-19-6-4-8-22(19)23/h5,7,9-11,14-16,18H,4,6,8,12-13,17H2,1-3H3. The average molecular weight is 455 g/mol. The highest BCUT2D eigenvalue weighted by Crippen LogP contribution is 2.34. The molecule has 1 aliphatic carbocycles. The molecule has 0 spiro atoms. The molecule has 1 fully saturated rings. The summed E-state index contributed by atoms with van der Waals surface area (Å²) in [6, 6.07) is 13.2. The van der Waals surface area contributed by atoms with E-state index in [9.17, 15) is 0 Å². The van der Waals surface area contributed by atoms with Gasteiger partial charge in [0.05, 0.1) is 24.5 Å². The first-order valence-electron chi connectivity index (χ1n) is 12.1. The smallest absolute Gasteiger partial charge is 0.139 e. The quantitative estimate of drug-likeness (QED) is 0.462. The van der Waals surface area contributed by atoms with Gasteiger partial charge in [0.25, 0.3) is 0 Å². The molecule has 0 bridgehead atoms. The van der Waals surface area contributed by atoms with Crippen LogP contribution in [0.3, 0.4) is 0 Å². The van der Waals surface area contributed by atoms with Gasteiger partial charge in [0.1, 0.15) is 22.8 Å². The lowest BCUT2D eigenvalue weighted by atomic mass is 10.1. The average Bonchev–Trinajstić information content (AvgIpc) is 3.49. The second-order valence-corrected chi connectivity index (χ2v) is 9.48. The van der Waals surface area contributed by atoms with Crippen molar-refractivity contribution in [3.8, 4) is 22.7 Å². The van der Waals surface area contributed by atoms with E-state index in [0.29, 0.717) is 6.04 Å². The summed E-state index contributed by atoms with van der Waals surface area (Å²) in [7, 11) is 3.85. The molecule has 3 aromatic heterocycles. The van der Waals surface area contributed by atoms with E-state index in [-0.39, 0.29) is 0 Å². The van der Waals surface area contributed by atoms with Crippen molar-refractivity contribution in [1.82, 2.24) is 24.6 Å². The number of ether oxygens (including phenoxy) is 1. The Labute approximate surface area is 200 Å². The lowest BCUT2D eigenvalue weighted by Gasteiger charge is -2.39. The third kappa shape index (κ3) is 3.51. The molecule has 2 aliphatic rings. The molecule has 1 atom stereocenters. The zero-order valence-electron chi connectivity index (χ0n) is 20.0. The van der Waals surface area contributed by atoms with Gasteiger partial charge in [0, 0.05) is 43.5 Å². The van der Waals surface area contributed by atoms with Crippen LogP contribution in [0.2, 0.25) is 0 Å². The monoisotopic (exact) mass is 454 g/mol. The summed E-state index contributed by atoms with van der Waals surface area (Å²) in [4.78, 5) is 14.3. The summed E-state index contributed by atoms with van der Waals surface area (Å²) in [6.45, 7) is 5.35. The summed E-state index contributed by atoms with van der Waals surface area (Å²) < 4.78 is 7.54. The van der Waals surface area contributed by atoms with Crippen molar-refractivity contribution in [1.29, 1.82) is 0 Å². The minimum Gasteiger partial charge on any atom is -0.495 e. The number of anilines is 1. The van der Waals surface area contributed by atoms with Gasteiger partial charge in [-0.3, -0.25) is 0 Å². The van der Waals surface area contributed by atoms with Gasteiger partial charge < -0.3 is 14.5 Å². The molecule has 1 saturated heterocycles. The van der Waals surface area contributed by atoms with E-state index in [1.54, 1.807) is 13.3 Å². The number of hydrogen-bond acceptors (Lipinski definition) is 6. The van der Waals surface area contributed by atoms with Crippen molar-refractivity contribution in [2.75, 3.05) is 38.7 Å². The summed E-state index contributed by atoms with van der Waals surface area (Å²) in [5.74, 6) is 1.74. The molecule has 6 rings (SSSR count). The first-order valence-corrected chi connectivity index (χ1v) is 12.1. The van der Waals surface area contributed by atoms with Crippen molar-refractivity contribution in [3.05, 3.63) is 59.9 Å². The third-order valence-electron chi connectivity index (χ3n) is 7.23. The van der Waals surface area contributed by atoms with E-state index in [2.05, 4.69) is 54.1 Å². The zero-order chi connectivity index (χ0) is 23.2. The summed E-state index contributed by atoms with van der Waals surface area (Å²) in [6.07, 6.45) is 7.11. The fourth-order valence-corrected chi connectivity index (χ4v) is 5.44. The predicted octanol–water partition coefficient (Wildman–Crippen LogP) is 4.12. The zero-order valence-corrected chi connectivity index (χ0v) is 20.0. The topological polar surface area (TPSA) is 59.3 Å². The maximum Gasteiger partial charge on any atom is 0.139 e. The van der Waals surface area contributed by atoms with Crippen LogP contribution in [0.25, 0.3) is 28.0 Å². The first kappa shape index (κ1) is 21.1. The highest BCUT2D eigenvalue weighted by molar-refractivity contribution is 5.91. The van der Waals surface area contributed by atoms with Gasteiger partial charge in [-0.25, -0.2) is 14.6 Å². The SMILES string of the molecule is COc1cnc2c(-c3ccc(N4CCN(C)CC4C)nc3)nn(-c3cccc4c3CCC4)c2c1. The van der Waals surface area contributed by atoms with Crippen LogP contribution in [0.15, 0.2) is 48.8 Å². The summed E-state index contributed by atoms with van der Waals surface area (Å²) >= 11 is 0. The molecule has 0 N–H and O–H groups in total. The van der Waals surface area contributed by atoms with Gasteiger partial charge >= 0.3 is 0 Å². The number of hydrogen-bond donors (Lipinski definition) is 0. The number of methoxy groups -OCH3 is 1. The maximum atomic E-state index is 5.50. The molecular weight excluding hydrogens is 424 g/mol. The van der Waals surface area contributed by atoms with E-state index in [1.165, 1.54) is 17.5 Å². The molecule has 0 amide bonds. The summed E-state index contributed by atoms with van der Waals surface area (Å²) in [5, 5.41) is 5.09. The minimum atomic E-state index is 0.437. The molecule has 1 aromatic carbocycles. The number of benzene rings is 1. The Balaban J connectivity index is 1.44. The number of fused-ring (bicyclic) bond motifs is 2. The van der Waals surface area contributed by atoms with E-state index >= 15 is 0 Å². The Hall–Kier alpha value is -3.45. The number of pyridine rings is 2. The predicted molar refractivity (Wildman–Crippen MR) is 135 cm³/mol. The van der Waals surface area contributed by atoms with Crippen molar-refractivity contribution in [2.24, 2.45) is 0 Å². The summed E-state index contributed by atoms with van der Waals surface area (Å²) in [5.41, 5.74) is 7.57. The van der Waals surface area contributed by atoms with Crippen molar-refractivity contribution >= 4 is 16.9 Å². The molecule has 34 heavy (non-hydrogen) atoms. The van der Waals surface area contributed by atoms with Gasteiger partial charge in [-0.2, -0.15) is 5.10 Å². The molecule has 0 saturated carbocycles. The van der Waals surface area contributed by atoms with Crippen LogP contribution in [0.4, 0.5) is 5.82 Å². The van der Waals surface area contributed by atoms with Crippen molar-refractivity contribution in [3.63, 3.8) is 0 Å². The second kappa shape index (κ2) is 8.40. The van der Waals surface area contributed by atoms with E-state index < -0.39 is 0 Å². The van der Waals surface area contributed by atoms with Crippen LogP contribution < -0.4 is 9.64 Å². The van der Waals surface area contributed by atoms with Crippen LogP contribution in [0.5, 0.6) is 5.75 Å². The Morgan fingerprint density at radius 1 is 1.03 bits per heavy atom. The van der Waals surface area contributed by atoms with Crippen molar-refractivity contribution < 1.29 is 4.74 Å². The molecule has 0 radical (unpaired) electrons. The second-order valence-electron chi connectivity index (χ2n) is 9.48. The minimum absolute atomic E-state index is 0.437. The molecule has 7 heteroatoms. The Bertz CT molecular complexity index is 1350. The number of aromatic nitrogens is 4. The molecule has 4 aromatic rings. The fourth-order valence-electron chi connectivity index (χ4n) is 5.44. The van der Waals surface area contributed by atoms with E-state index in [4.69, 9.17) is 19.8 Å². The van der Waals surface area contributed by atoms with Crippen LogP contribution in [-0.2, 0) is 12.8 Å². The van der Waals surface area contributed by atoms with Gasteiger partial charge in [-0.1, -0.05) is 12.1 Å². The van der Waals surface area contributed by atoms with E-state index in [0.717, 1.165) is 72.0 Å². The molecule has 1 unspecified atom stereocenters. The van der Waals surface area contributed by atoms with Crippen molar-refractivity contribution in [2.45, 2.75) is 32.2 Å². The van der Waals surface area contributed by atoms with Gasteiger partial charge in [0.15, 0.2) is 0 Å². The number of rotatable bonds is 4. The molecule has 7 nitrogen and oxygen atoms in total. The first-order chi connectivity index (χ1) is 16.6. The molecule has 4 heterocycles. The highest BCUT2D eigenvalue weighted by atomic mass is 16.5. The maximum absolute atomic E-state index is 5.50. The number of nitrogens with zero attached hydrogens (tertiary/aromatic N) is 6. The van der Waals surface area contributed by atoms with E-state index in [1.807, 2.05) is 16.9 Å². The van der Waals surface area contributed by atoms with Gasteiger partial charge in [-0.05, 0) is 62.6 Å². The number of aryl methyl sites for hydroxylation is 1. The number of likely N-dealkylation sites (N-methyl/N-ethyl adjacent to an activating group) is 1. The lowest BCUT2D eigenvalue weighted by Crippen LogP contribution is -2.50.